The maximum absolute atomic E-state index is 11.0. The van der Waals surface area contributed by atoms with Crippen molar-refractivity contribution in [2.75, 3.05) is 6.54 Å². The fourth-order valence-electron chi connectivity index (χ4n) is 1.42. The van der Waals surface area contributed by atoms with E-state index in [1.807, 2.05) is 6.92 Å². The second-order valence-corrected chi connectivity index (χ2v) is 3.15. The molecule has 2 N–H and O–H groups in total. The number of carboxylic acid groups (broad SMARTS) is 1. The highest BCUT2D eigenvalue weighted by Gasteiger charge is 2.32. The molecule has 0 aromatic heterocycles. The summed E-state index contributed by atoms with van der Waals surface area (Å²) in [6.45, 7) is 2.63. The van der Waals surface area contributed by atoms with Gasteiger partial charge in [0.25, 0.3) is 0 Å². The molecular formula is C8H13NO3. The highest BCUT2D eigenvalue weighted by atomic mass is 16.4. The van der Waals surface area contributed by atoms with Crippen LogP contribution in [0.1, 0.15) is 19.8 Å². The van der Waals surface area contributed by atoms with Gasteiger partial charge in [0.1, 0.15) is 5.92 Å². The zero-order valence-electron chi connectivity index (χ0n) is 7.04. The van der Waals surface area contributed by atoms with Crippen molar-refractivity contribution in [2.45, 2.75) is 19.8 Å². The van der Waals surface area contributed by atoms with Crippen molar-refractivity contribution in [3.8, 4) is 0 Å². The lowest BCUT2D eigenvalue weighted by molar-refractivity contribution is -0.149. The van der Waals surface area contributed by atoms with Crippen molar-refractivity contribution >= 4 is 11.9 Å². The van der Waals surface area contributed by atoms with Crippen LogP contribution in [-0.4, -0.2) is 23.5 Å². The molecule has 1 saturated heterocycles. The highest BCUT2D eigenvalue weighted by Crippen LogP contribution is 2.19. The van der Waals surface area contributed by atoms with E-state index in [2.05, 4.69) is 5.32 Å². The molecule has 1 aliphatic rings. The van der Waals surface area contributed by atoms with Gasteiger partial charge in [-0.15, -0.1) is 0 Å². The van der Waals surface area contributed by atoms with E-state index in [1.165, 1.54) is 0 Å². The van der Waals surface area contributed by atoms with E-state index in [-0.39, 0.29) is 5.91 Å². The van der Waals surface area contributed by atoms with E-state index in [0.717, 1.165) is 6.42 Å². The van der Waals surface area contributed by atoms with Crippen LogP contribution in [-0.2, 0) is 9.59 Å². The molecule has 1 heterocycles. The van der Waals surface area contributed by atoms with Gasteiger partial charge in [0.2, 0.25) is 5.91 Å². The maximum Gasteiger partial charge on any atom is 0.316 e. The molecule has 0 spiro atoms. The zero-order chi connectivity index (χ0) is 9.14. The predicted molar refractivity (Wildman–Crippen MR) is 42.5 cm³/mol. The molecule has 0 aliphatic carbocycles. The first-order valence-electron chi connectivity index (χ1n) is 4.15. The number of nitrogens with one attached hydrogen (secondary N) is 1. The Morgan fingerprint density at radius 2 is 2.42 bits per heavy atom. The number of carbonyl (C=O) groups excluding carboxylic acids is 1. The molecule has 0 bridgehead atoms. The van der Waals surface area contributed by atoms with Crippen LogP contribution in [0.2, 0.25) is 0 Å². The van der Waals surface area contributed by atoms with Crippen LogP contribution in [0.3, 0.4) is 0 Å². The Hall–Kier alpha value is -1.06. The van der Waals surface area contributed by atoms with Crippen molar-refractivity contribution < 1.29 is 14.7 Å². The molecule has 1 aliphatic heterocycles. The van der Waals surface area contributed by atoms with Crippen molar-refractivity contribution in [1.82, 2.24) is 5.32 Å². The number of amides is 1. The Bertz CT molecular complexity index is 202. The summed E-state index contributed by atoms with van der Waals surface area (Å²) in [7, 11) is 0. The highest BCUT2D eigenvalue weighted by molar-refractivity contribution is 5.97. The second-order valence-electron chi connectivity index (χ2n) is 3.15. The van der Waals surface area contributed by atoms with Crippen LogP contribution < -0.4 is 5.32 Å². The number of hydrogen-bond acceptors (Lipinski definition) is 2. The topological polar surface area (TPSA) is 66.4 Å². The molecular weight excluding hydrogens is 158 g/mol. The van der Waals surface area contributed by atoms with Gasteiger partial charge in [-0.2, -0.15) is 0 Å². The van der Waals surface area contributed by atoms with Gasteiger partial charge in [-0.05, 0) is 12.3 Å². The number of carbonyl (C=O) groups is 2. The van der Waals surface area contributed by atoms with Gasteiger partial charge in [-0.1, -0.05) is 13.3 Å². The molecule has 0 aromatic carbocycles. The van der Waals surface area contributed by atoms with Crippen LogP contribution >= 0.6 is 0 Å². The Morgan fingerprint density at radius 1 is 1.75 bits per heavy atom. The Labute approximate surface area is 71.0 Å². The van der Waals surface area contributed by atoms with Crippen molar-refractivity contribution in [1.29, 1.82) is 0 Å². The van der Waals surface area contributed by atoms with Gasteiger partial charge < -0.3 is 10.4 Å². The summed E-state index contributed by atoms with van der Waals surface area (Å²) >= 11 is 0. The van der Waals surface area contributed by atoms with Crippen molar-refractivity contribution in [3.63, 3.8) is 0 Å². The molecule has 0 radical (unpaired) electrons. The van der Waals surface area contributed by atoms with Crippen molar-refractivity contribution in [2.24, 2.45) is 11.8 Å². The summed E-state index contributed by atoms with van der Waals surface area (Å²) in [6.07, 6.45) is 1.40. The monoisotopic (exact) mass is 171 g/mol. The van der Waals surface area contributed by atoms with Crippen LogP contribution in [0.25, 0.3) is 0 Å². The average Bonchev–Trinajstić information content (AvgIpc) is 2.05. The molecule has 4 nitrogen and oxygen atoms in total. The zero-order valence-corrected chi connectivity index (χ0v) is 7.04. The van der Waals surface area contributed by atoms with Crippen molar-refractivity contribution in [3.05, 3.63) is 0 Å². The number of rotatable bonds is 2. The SMILES string of the molecule is CC[C@@H]1CNC(=O)[C@H](C(=O)O)C1. The van der Waals surface area contributed by atoms with E-state index in [4.69, 9.17) is 5.11 Å². The minimum absolute atomic E-state index is 0.323. The lowest BCUT2D eigenvalue weighted by Gasteiger charge is -2.25. The lowest BCUT2D eigenvalue weighted by Crippen LogP contribution is -2.44. The number of piperidine rings is 1. The van der Waals surface area contributed by atoms with Gasteiger partial charge >= 0.3 is 5.97 Å². The van der Waals surface area contributed by atoms with Crippen LogP contribution in [0.4, 0.5) is 0 Å². The van der Waals surface area contributed by atoms with E-state index >= 15 is 0 Å². The minimum atomic E-state index is -1.01. The Balaban J connectivity index is 2.59. The number of aliphatic carboxylic acids is 1. The van der Waals surface area contributed by atoms with E-state index in [9.17, 15) is 9.59 Å². The van der Waals surface area contributed by atoms with Gasteiger partial charge in [0, 0.05) is 6.54 Å². The van der Waals surface area contributed by atoms with Crippen LogP contribution in [0.5, 0.6) is 0 Å². The quantitative estimate of drug-likeness (QED) is 0.584. The molecule has 1 rings (SSSR count). The molecule has 12 heavy (non-hydrogen) atoms. The maximum atomic E-state index is 11.0. The normalized spacial score (nSPS) is 29.6. The van der Waals surface area contributed by atoms with Gasteiger partial charge in [-0.25, -0.2) is 0 Å². The standard InChI is InChI=1S/C8H13NO3/c1-2-5-3-6(8(11)12)7(10)9-4-5/h5-6H,2-4H2,1H3,(H,9,10)(H,11,12)/t5-,6+/m0/s1. The lowest BCUT2D eigenvalue weighted by atomic mass is 9.88. The van der Waals surface area contributed by atoms with Crippen LogP contribution in [0, 0.1) is 11.8 Å². The molecule has 68 valence electrons. The fraction of sp³-hybridized carbons (Fsp3) is 0.750. The Kier molecular flexibility index (Phi) is 2.68. The minimum Gasteiger partial charge on any atom is -0.481 e. The molecule has 1 fully saturated rings. The van der Waals surface area contributed by atoms with E-state index in [0.29, 0.717) is 18.9 Å². The Morgan fingerprint density at radius 3 is 2.92 bits per heavy atom. The first kappa shape index (κ1) is 9.03. The van der Waals surface area contributed by atoms with E-state index in [1.54, 1.807) is 0 Å². The smallest absolute Gasteiger partial charge is 0.316 e. The molecule has 1 amide bonds. The molecule has 4 heteroatoms. The third kappa shape index (κ3) is 1.75. The van der Waals surface area contributed by atoms with Crippen LogP contribution in [0.15, 0.2) is 0 Å². The molecule has 0 unspecified atom stereocenters. The largest absolute Gasteiger partial charge is 0.481 e. The second kappa shape index (κ2) is 3.56. The average molecular weight is 171 g/mol. The predicted octanol–water partition coefficient (Wildman–Crippen LogP) is 0.233. The number of carboxylic acids is 1. The molecule has 0 saturated carbocycles. The molecule has 2 atom stereocenters. The summed E-state index contributed by atoms with van der Waals surface area (Å²) in [4.78, 5) is 21.6. The van der Waals surface area contributed by atoms with E-state index < -0.39 is 11.9 Å². The number of hydrogen-bond donors (Lipinski definition) is 2. The van der Waals surface area contributed by atoms with Gasteiger partial charge in [0.05, 0.1) is 0 Å². The van der Waals surface area contributed by atoms with Gasteiger partial charge in [0.15, 0.2) is 0 Å². The third-order valence-electron chi connectivity index (χ3n) is 2.33. The summed E-state index contributed by atoms with van der Waals surface area (Å²) in [5.41, 5.74) is 0. The van der Waals surface area contributed by atoms with Gasteiger partial charge in [-0.3, -0.25) is 9.59 Å². The first-order chi connectivity index (χ1) is 5.65. The summed E-state index contributed by atoms with van der Waals surface area (Å²) in [5.74, 6) is -1.86. The third-order valence-corrected chi connectivity index (χ3v) is 2.33. The fourth-order valence-corrected chi connectivity index (χ4v) is 1.42. The summed E-state index contributed by atoms with van der Waals surface area (Å²) in [5, 5.41) is 11.3. The molecule has 0 aromatic rings. The summed E-state index contributed by atoms with van der Waals surface area (Å²) in [6, 6.07) is 0. The summed E-state index contributed by atoms with van der Waals surface area (Å²) < 4.78 is 0. The first-order valence-corrected chi connectivity index (χ1v) is 4.15.